The average Bonchev–Trinajstić information content (AvgIpc) is 2.42. The van der Waals surface area contributed by atoms with E-state index in [1.54, 1.807) is 0 Å². The zero-order valence-corrected chi connectivity index (χ0v) is 13.6. The predicted octanol–water partition coefficient (Wildman–Crippen LogP) is 1.78. The van der Waals surface area contributed by atoms with Crippen LogP contribution in [-0.2, 0) is 10.0 Å². The minimum Gasteiger partial charge on any atom is -0.396 e. The number of piperazine rings is 1. The first-order chi connectivity index (χ1) is 9.73. The van der Waals surface area contributed by atoms with Gasteiger partial charge in [0.2, 0.25) is 10.0 Å². The molecule has 1 aromatic carbocycles. The molecule has 2 rings (SSSR count). The summed E-state index contributed by atoms with van der Waals surface area (Å²) in [7, 11) is -3.75. The van der Waals surface area contributed by atoms with Crippen LogP contribution in [0.5, 0.6) is 0 Å². The highest BCUT2D eigenvalue weighted by Crippen LogP contribution is 2.29. The van der Waals surface area contributed by atoms with Gasteiger partial charge in [-0.05, 0) is 26.0 Å². The molecule has 1 fully saturated rings. The third-order valence-electron chi connectivity index (χ3n) is 3.67. The summed E-state index contributed by atoms with van der Waals surface area (Å²) in [5, 5.41) is -0.145. The molecule has 0 amide bonds. The van der Waals surface area contributed by atoms with Crippen molar-refractivity contribution in [2.24, 2.45) is 0 Å². The molecule has 1 saturated heterocycles. The summed E-state index contributed by atoms with van der Waals surface area (Å²) >= 11 is 5.87. The number of hydrogen-bond acceptors (Lipinski definition) is 4. The van der Waals surface area contributed by atoms with Crippen molar-refractivity contribution >= 4 is 27.3 Å². The van der Waals surface area contributed by atoms with Crippen molar-refractivity contribution in [3.05, 3.63) is 23.0 Å². The third kappa shape index (κ3) is 3.31. The van der Waals surface area contributed by atoms with E-state index in [0.29, 0.717) is 32.2 Å². The fourth-order valence-corrected chi connectivity index (χ4v) is 4.29. The van der Waals surface area contributed by atoms with Crippen LogP contribution in [0.4, 0.5) is 10.1 Å². The molecule has 1 aliphatic rings. The van der Waals surface area contributed by atoms with Gasteiger partial charge in [0.15, 0.2) is 0 Å². The molecule has 0 radical (unpaired) electrons. The van der Waals surface area contributed by atoms with E-state index in [1.807, 2.05) is 0 Å². The van der Waals surface area contributed by atoms with Crippen LogP contribution in [0.3, 0.4) is 0 Å². The molecular weight excluding hydrogens is 317 g/mol. The highest BCUT2D eigenvalue weighted by Gasteiger charge is 2.31. The van der Waals surface area contributed by atoms with Crippen molar-refractivity contribution in [2.75, 3.05) is 31.9 Å². The first kappa shape index (κ1) is 16.5. The van der Waals surface area contributed by atoms with Crippen LogP contribution in [0.2, 0.25) is 5.02 Å². The molecule has 1 aromatic rings. The van der Waals surface area contributed by atoms with Crippen molar-refractivity contribution in [2.45, 2.75) is 24.8 Å². The van der Waals surface area contributed by atoms with Crippen LogP contribution in [0.1, 0.15) is 13.8 Å². The van der Waals surface area contributed by atoms with E-state index in [9.17, 15) is 12.8 Å². The van der Waals surface area contributed by atoms with Crippen LogP contribution in [0.25, 0.3) is 0 Å². The Bertz CT molecular complexity index is 629. The van der Waals surface area contributed by atoms with Crippen LogP contribution in [-0.4, -0.2) is 49.8 Å². The molecule has 2 N–H and O–H groups in total. The first-order valence-electron chi connectivity index (χ1n) is 6.72. The van der Waals surface area contributed by atoms with Gasteiger partial charge in [-0.15, -0.1) is 0 Å². The van der Waals surface area contributed by atoms with Crippen LogP contribution >= 0.6 is 11.6 Å². The molecule has 1 heterocycles. The smallest absolute Gasteiger partial charge is 0.244 e. The minimum absolute atomic E-state index is 0.138. The van der Waals surface area contributed by atoms with E-state index < -0.39 is 15.8 Å². The van der Waals surface area contributed by atoms with Crippen molar-refractivity contribution in [1.82, 2.24) is 9.21 Å². The topological polar surface area (TPSA) is 66.6 Å². The summed E-state index contributed by atoms with van der Waals surface area (Å²) in [6.45, 7) is 6.22. The lowest BCUT2D eigenvalue weighted by Crippen LogP contribution is -2.50. The van der Waals surface area contributed by atoms with E-state index in [-0.39, 0.29) is 15.6 Å². The lowest BCUT2D eigenvalue weighted by Gasteiger charge is -2.36. The van der Waals surface area contributed by atoms with Crippen LogP contribution in [0.15, 0.2) is 17.0 Å². The first-order valence-corrected chi connectivity index (χ1v) is 8.54. The van der Waals surface area contributed by atoms with Crippen molar-refractivity contribution in [3.63, 3.8) is 0 Å². The fraction of sp³-hybridized carbons (Fsp3) is 0.538. The van der Waals surface area contributed by atoms with Crippen molar-refractivity contribution in [3.8, 4) is 0 Å². The van der Waals surface area contributed by atoms with Crippen LogP contribution in [0, 0.1) is 5.82 Å². The summed E-state index contributed by atoms with van der Waals surface area (Å²) in [4.78, 5) is 2.06. The Labute approximate surface area is 129 Å². The van der Waals surface area contributed by atoms with E-state index in [1.165, 1.54) is 4.31 Å². The van der Waals surface area contributed by atoms with E-state index in [2.05, 4.69) is 18.7 Å². The molecule has 21 heavy (non-hydrogen) atoms. The van der Waals surface area contributed by atoms with Gasteiger partial charge in [0.05, 0.1) is 10.7 Å². The van der Waals surface area contributed by atoms with E-state index in [0.717, 1.165) is 12.1 Å². The summed E-state index contributed by atoms with van der Waals surface area (Å²) in [6, 6.07) is 2.40. The van der Waals surface area contributed by atoms with E-state index in [4.69, 9.17) is 17.3 Å². The standard InChI is InChI=1S/C13H19ClFN3O2S/c1-9(2)17-3-5-18(6-4-17)21(19,20)13-8-12(16)11(15)7-10(13)14/h7-9H,3-6,16H2,1-2H3. The van der Waals surface area contributed by atoms with Gasteiger partial charge in [0, 0.05) is 32.2 Å². The Balaban J connectivity index is 2.26. The van der Waals surface area contributed by atoms with Crippen molar-refractivity contribution < 1.29 is 12.8 Å². The molecule has 5 nitrogen and oxygen atoms in total. The highest BCUT2D eigenvalue weighted by atomic mass is 35.5. The van der Waals surface area contributed by atoms with Gasteiger partial charge in [-0.25, -0.2) is 12.8 Å². The zero-order valence-electron chi connectivity index (χ0n) is 12.0. The van der Waals surface area contributed by atoms with Gasteiger partial charge in [-0.3, -0.25) is 4.90 Å². The Morgan fingerprint density at radius 1 is 1.24 bits per heavy atom. The highest BCUT2D eigenvalue weighted by molar-refractivity contribution is 7.89. The molecule has 0 unspecified atom stereocenters. The molecule has 1 aliphatic heterocycles. The summed E-state index contributed by atoms with van der Waals surface area (Å²) < 4.78 is 39.9. The summed E-state index contributed by atoms with van der Waals surface area (Å²) in [5.41, 5.74) is 5.23. The number of nitrogens with zero attached hydrogens (tertiary/aromatic N) is 2. The third-order valence-corrected chi connectivity index (χ3v) is 6.04. The molecule has 0 atom stereocenters. The van der Waals surface area contributed by atoms with Crippen molar-refractivity contribution in [1.29, 1.82) is 0 Å². The zero-order chi connectivity index (χ0) is 15.8. The number of nitrogens with two attached hydrogens (primary N) is 1. The summed E-state index contributed by atoms with van der Waals surface area (Å²) in [6.07, 6.45) is 0. The van der Waals surface area contributed by atoms with E-state index >= 15 is 0 Å². The molecule has 0 saturated carbocycles. The summed E-state index contributed by atoms with van der Waals surface area (Å²) in [5.74, 6) is -0.719. The lowest BCUT2D eigenvalue weighted by molar-refractivity contribution is 0.154. The van der Waals surface area contributed by atoms with Gasteiger partial charge in [-0.2, -0.15) is 4.31 Å². The number of benzene rings is 1. The second-order valence-corrected chi connectivity index (χ2v) is 7.65. The number of hydrogen-bond donors (Lipinski definition) is 1. The van der Waals surface area contributed by atoms with Gasteiger partial charge in [0.25, 0.3) is 0 Å². The normalized spacial score (nSPS) is 18.3. The average molecular weight is 336 g/mol. The quantitative estimate of drug-likeness (QED) is 0.855. The van der Waals surface area contributed by atoms with Gasteiger partial charge < -0.3 is 5.73 Å². The number of sulfonamides is 1. The molecule has 8 heteroatoms. The van der Waals surface area contributed by atoms with Gasteiger partial charge in [-0.1, -0.05) is 11.6 Å². The SMILES string of the molecule is CC(C)N1CCN(S(=O)(=O)c2cc(N)c(F)cc2Cl)CC1. The fourth-order valence-electron chi connectivity index (χ4n) is 2.34. The maximum Gasteiger partial charge on any atom is 0.244 e. The molecule has 0 spiro atoms. The molecule has 0 bridgehead atoms. The molecular formula is C13H19ClFN3O2S. The number of nitrogen functional groups attached to an aromatic ring is 1. The maximum atomic E-state index is 13.3. The maximum absolute atomic E-state index is 13.3. The second-order valence-electron chi connectivity index (χ2n) is 5.34. The second kappa shape index (κ2) is 6.08. The number of anilines is 1. The van der Waals surface area contributed by atoms with Gasteiger partial charge in [0.1, 0.15) is 10.7 Å². The predicted molar refractivity (Wildman–Crippen MR) is 81.3 cm³/mol. The van der Waals surface area contributed by atoms with Crippen LogP contribution < -0.4 is 5.73 Å². The Morgan fingerprint density at radius 3 is 2.33 bits per heavy atom. The Hall–Kier alpha value is -0.890. The minimum atomic E-state index is -3.75. The largest absolute Gasteiger partial charge is 0.396 e. The Kier molecular flexibility index (Phi) is 4.77. The molecule has 0 aliphatic carbocycles. The monoisotopic (exact) mass is 335 g/mol. The number of halogens is 2. The molecule has 0 aromatic heterocycles. The molecule has 118 valence electrons. The number of rotatable bonds is 3. The Morgan fingerprint density at radius 2 is 1.81 bits per heavy atom. The van der Waals surface area contributed by atoms with Gasteiger partial charge >= 0.3 is 0 Å². The lowest BCUT2D eigenvalue weighted by atomic mass is 10.3.